The molecule has 0 unspecified atom stereocenters. The fraction of sp³-hybridized carbons (Fsp3) is 0.0455. The number of hydrogen-bond donors (Lipinski definition) is 0. The summed E-state index contributed by atoms with van der Waals surface area (Å²) in [6.07, 6.45) is 1.51. The van der Waals surface area contributed by atoms with E-state index in [-0.39, 0.29) is 17.3 Å². The maximum absolute atomic E-state index is 13.0. The number of imide groups is 1. The minimum atomic E-state index is -0.431. The number of rotatable bonds is 4. The number of furan rings is 1. The van der Waals surface area contributed by atoms with Gasteiger partial charge >= 0.3 is 0 Å². The van der Waals surface area contributed by atoms with E-state index in [9.17, 15) is 19.2 Å². The summed E-state index contributed by atoms with van der Waals surface area (Å²) in [4.78, 5) is 26.2. The second-order valence-electron chi connectivity index (χ2n) is 6.25. The first-order valence-electron chi connectivity index (χ1n) is 8.64. The smallest absolute Gasteiger partial charge is 0.293 e. The van der Waals surface area contributed by atoms with Gasteiger partial charge in [-0.3, -0.25) is 14.5 Å². The van der Waals surface area contributed by atoms with Crippen molar-refractivity contribution in [3.05, 3.63) is 88.3 Å². The van der Waals surface area contributed by atoms with Gasteiger partial charge < -0.3 is 4.42 Å². The summed E-state index contributed by atoms with van der Waals surface area (Å²) in [7, 11) is 0. The first-order valence-corrected chi connectivity index (χ1v) is 9.46. The molecule has 142 valence electrons. The van der Waals surface area contributed by atoms with Crippen molar-refractivity contribution < 1.29 is 18.4 Å². The Morgan fingerprint density at radius 3 is 2.59 bits per heavy atom. The predicted octanol–water partition coefficient (Wildman–Crippen LogP) is 5.19. The fourth-order valence-electron chi connectivity index (χ4n) is 2.91. The first kappa shape index (κ1) is 18.7. The van der Waals surface area contributed by atoms with Crippen molar-refractivity contribution in [1.82, 2.24) is 4.90 Å². The van der Waals surface area contributed by atoms with Gasteiger partial charge in [0.1, 0.15) is 17.3 Å². The Morgan fingerprint density at radius 2 is 1.83 bits per heavy atom. The third kappa shape index (κ3) is 3.84. The Hall–Kier alpha value is -3.63. The van der Waals surface area contributed by atoms with Crippen LogP contribution in [0.15, 0.2) is 70.0 Å². The highest BCUT2D eigenvalue weighted by Crippen LogP contribution is 2.34. The van der Waals surface area contributed by atoms with E-state index in [4.69, 9.17) is 4.42 Å². The molecule has 2 aromatic carbocycles. The van der Waals surface area contributed by atoms with Crippen LogP contribution in [0.4, 0.5) is 9.18 Å². The number of thioether (sulfide) groups is 1. The lowest BCUT2D eigenvalue weighted by Gasteiger charge is -2.12. The van der Waals surface area contributed by atoms with E-state index in [1.807, 2.05) is 0 Å². The van der Waals surface area contributed by atoms with Gasteiger partial charge in [-0.05, 0) is 53.7 Å². The Kier molecular flexibility index (Phi) is 5.02. The highest BCUT2D eigenvalue weighted by molar-refractivity contribution is 8.18. The van der Waals surface area contributed by atoms with Gasteiger partial charge in [0, 0.05) is 11.6 Å². The second kappa shape index (κ2) is 7.78. The number of amides is 2. The number of carbonyl (C=O) groups is 2. The highest BCUT2D eigenvalue weighted by Gasteiger charge is 2.35. The van der Waals surface area contributed by atoms with E-state index in [1.54, 1.807) is 36.4 Å². The Labute approximate surface area is 170 Å². The molecule has 2 amide bonds. The zero-order chi connectivity index (χ0) is 20.4. The van der Waals surface area contributed by atoms with E-state index in [0.29, 0.717) is 28.2 Å². The van der Waals surface area contributed by atoms with Gasteiger partial charge in [0.25, 0.3) is 11.1 Å². The number of hydrogen-bond acceptors (Lipinski definition) is 5. The van der Waals surface area contributed by atoms with Crippen molar-refractivity contribution in [3.8, 4) is 17.4 Å². The van der Waals surface area contributed by atoms with E-state index in [0.717, 1.165) is 16.7 Å². The molecule has 1 aliphatic rings. The maximum atomic E-state index is 13.0. The normalized spacial score (nSPS) is 15.2. The topological polar surface area (TPSA) is 74.3 Å². The summed E-state index contributed by atoms with van der Waals surface area (Å²) in [6.45, 7) is 0.0707. The number of carbonyl (C=O) groups excluding carboxylic acids is 2. The van der Waals surface area contributed by atoms with Crippen molar-refractivity contribution in [2.24, 2.45) is 0 Å². The standard InChI is InChI=1S/C22H13FN2O3S/c23-16-7-5-14(6-8-16)13-25-21(26)20(29-22(25)27)11-17-9-10-19(28-17)18-4-2-1-3-15(18)12-24/h1-11H,13H2/b20-11+. The van der Waals surface area contributed by atoms with Gasteiger partial charge in [-0.2, -0.15) is 5.26 Å². The van der Waals surface area contributed by atoms with E-state index < -0.39 is 11.1 Å². The maximum Gasteiger partial charge on any atom is 0.293 e. The molecular formula is C22H13FN2O3S. The Balaban J connectivity index is 1.56. The Morgan fingerprint density at radius 1 is 1.07 bits per heavy atom. The first-order chi connectivity index (χ1) is 14.0. The van der Waals surface area contributed by atoms with E-state index >= 15 is 0 Å². The molecule has 7 heteroatoms. The quantitative estimate of drug-likeness (QED) is 0.559. The number of benzene rings is 2. The van der Waals surface area contributed by atoms with Crippen molar-refractivity contribution in [2.75, 3.05) is 0 Å². The molecule has 1 fully saturated rings. The third-order valence-electron chi connectivity index (χ3n) is 4.34. The summed E-state index contributed by atoms with van der Waals surface area (Å²) >= 11 is 0.824. The molecule has 1 aromatic heterocycles. The average Bonchev–Trinajstić information content (AvgIpc) is 3.30. The van der Waals surface area contributed by atoms with Gasteiger partial charge in [-0.25, -0.2) is 4.39 Å². The molecule has 0 atom stereocenters. The molecule has 4 rings (SSSR count). The molecule has 0 aliphatic carbocycles. The monoisotopic (exact) mass is 404 g/mol. The molecule has 0 radical (unpaired) electrons. The van der Waals surface area contributed by atoms with Crippen LogP contribution in [0.1, 0.15) is 16.9 Å². The second-order valence-corrected chi connectivity index (χ2v) is 7.25. The molecule has 1 saturated heterocycles. The van der Waals surface area contributed by atoms with Crippen LogP contribution in [0.25, 0.3) is 17.4 Å². The minimum Gasteiger partial charge on any atom is -0.457 e. The molecule has 0 saturated carbocycles. The van der Waals surface area contributed by atoms with Crippen LogP contribution in [0.3, 0.4) is 0 Å². The molecule has 2 heterocycles. The molecule has 3 aromatic rings. The zero-order valence-corrected chi connectivity index (χ0v) is 15.8. The van der Waals surface area contributed by atoms with Crippen LogP contribution in [0.2, 0.25) is 0 Å². The van der Waals surface area contributed by atoms with Gasteiger partial charge in [-0.15, -0.1) is 0 Å². The van der Waals surface area contributed by atoms with Crippen LogP contribution in [-0.2, 0) is 11.3 Å². The zero-order valence-electron chi connectivity index (χ0n) is 15.0. The summed E-state index contributed by atoms with van der Waals surface area (Å²) in [6, 6.07) is 18.2. The lowest BCUT2D eigenvalue weighted by atomic mass is 10.1. The van der Waals surface area contributed by atoms with E-state index in [2.05, 4.69) is 6.07 Å². The number of nitriles is 1. The van der Waals surface area contributed by atoms with Gasteiger partial charge in [0.05, 0.1) is 23.1 Å². The van der Waals surface area contributed by atoms with Crippen molar-refractivity contribution in [1.29, 1.82) is 5.26 Å². The summed E-state index contributed by atoms with van der Waals surface area (Å²) < 4.78 is 18.8. The Bertz CT molecular complexity index is 1180. The van der Waals surface area contributed by atoms with E-state index in [1.165, 1.54) is 30.3 Å². The molecule has 1 aliphatic heterocycles. The summed E-state index contributed by atoms with van der Waals surface area (Å²) in [5.74, 6) is 0.0908. The summed E-state index contributed by atoms with van der Waals surface area (Å²) in [5, 5.41) is 8.83. The largest absolute Gasteiger partial charge is 0.457 e. The number of halogens is 1. The SMILES string of the molecule is N#Cc1ccccc1-c1ccc(/C=C2/SC(=O)N(Cc3ccc(F)cc3)C2=O)o1. The molecule has 0 N–H and O–H groups in total. The summed E-state index contributed by atoms with van der Waals surface area (Å²) in [5.41, 5.74) is 1.79. The average molecular weight is 404 g/mol. The minimum absolute atomic E-state index is 0.0707. The van der Waals surface area contributed by atoms with Gasteiger partial charge in [-0.1, -0.05) is 24.3 Å². The lowest BCUT2D eigenvalue weighted by molar-refractivity contribution is -0.123. The van der Waals surface area contributed by atoms with Crippen LogP contribution in [0, 0.1) is 17.1 Å². The molecule has 29 heavy (non-hydrogen) atoms. The third-order valence-corrected chi connectivity index (χ3v) is 5.25. The van der Waals surface area contributed by atoms with Crippen molar-refractivity contribution in [2.45, 2.75) is 6.54 Å². The highest BCUT2D eigenvalue weighted by atomic mass is 32.2. The van der Waals surface area contributed by atoms with Crippen LogP contribution < -0.4 is 0 Å². The van der Waals surface area contributed by atoms with Crippen LogP contribution in [0.5, 0.6) is 0 Å². The van der Waals surface area contributed by atoms with Crippen LogP contribution >= 0.6 is 11.8 Å². The fourth-order valence-corrected chi connectivity index (χ4v) is 3.73. The molecule has 5 nitrogen and oxygen atoms in total. The van der Waals surface area contributed by atoms with Gasteiger partial charge in [0.15, 0.2) is 0 Å². The van der Waals surface area contributed by atoms with Crippen molar-refractivity contribution in [3.63, 3.8) is 0 Å². The van der Waals surface area contributed by atoms with Crippen molar-refractivity contribution >= 4 is 29.0 Å². The number of nitrogens with zero attached hydrogens (tertiary/aromatic N) is 2. The van der Waals surface area contributed by atoms with Gasteiger partial charge in [0.2, 0.25) is 0 Å². The lowest BCUT2D eigenvalue weighted by Crippen LogP contribution is -2.27. The molecule has 0 bridgehead atoms. The van der Waals surface area contributed by atoms with Crippen LogP contribution in [-0.4, -0.2) is 16.0 Å². The molecular weight excluding hydrogens is 391 g/mol. The predicted molar refractivity (Wildman–Crippen MR) is 107 cm³/mol. The molecule has 0 spiro atoms.